The Labute approximate surface area is 144 Å². The third kappa shape index (κ3) is 6.85. The van der Waals surface area contributed by atoms with Gasteiger partial charge >= 0.3 is 0 Å². The zero-order valence-corrected chi connectivity index (χ0v) is 15.0. The molecule has 128 valence electrons. The van der Waals surface area contributed by atoms with Crippen LogP contribution in [0, 0.1) is 0 Å². The van der Waals surface area contributed by atoms with Gasteiger partial charge < -0.3 is 20.1 Å². The number of ether oxygens (including phenoxy) is 2. The molecule has 1 atom stereocenters. The lowest BCUT2D eigenvalue weighted by molar-refractivity contribution is 0.0168. The summed E-state index contributed by atoms with van der Waals surface area (Å²) in [5.41, 5.74) is 2.35. The van der Waals surface area contributed by atoms with Gasteiger partial charge in [-0.3, -0.25) is 0 Å². The van der Waals surface area contributed by atoms with Gasteiger partial charge in [0, 0.05) is 25.4 Å². The Bertz CT molecular complexity index is 470. The normalized spacial score (nSPS) is 17.4. The maximum Gasteiger partial charge on any atom is 0.170 e. The van der Waals surface area contributed by atoms with E-state index >= 15 is 0 Å². The average Bonchev–Trinajstić information content (AvgIpc) is 3.04. The van der Waals surface area contributed by atoms with E-state index < -0.39 is 0 Å². The van der Waals surface area contributed by atoms with E-state index in [4.69, 9.17) is 21.7 Å². The lowest BCUT2D eigenvalue weighted by Gasteiger charge is -2.13. The molecule has 0 spiro atoms. The Balaban J connectivity index is 1.54. The topological polar surface area (TPSA) is 42.5 Å². The predicted molar refractivity (Wildman–Crippen MR) is 99.2 cm³/mol. The molecule has 0 bridgehead atoms. The van der Waals surface area contributed by atoms with Crippen LogP contribution in [0.1, 0.15) is 44.6 Å². The monoisotopic (exact) mass is 336 g/mol. The van der Waals surface area contributed by atoms with Crippen molar-refractivity contribution in [2.75, 3.05) is 31.7 Å². The molecule has 2 N–H and O–H groups in total. The summed E-state index contributed by atoms with van der Waals surface area (Å²) >= 11 is 5.30. The van der Waals surface area contributed by atoms with Gasteiger partial charge in [-0.1, -0.05) is 26.0 Å². The van der Waals surface area contributed by atoms with Crippen molar-refractivity contribution in [1.82, 2.24) is 5.32 Å². The van der Waals surface area contributed by atoms with Crippen LogP contribution in [0.3, 0.4) is 0 Å². The molecule has 23 heavy (non-hydrogen) atoms. The van der Waals surface area contributed by atoms with E-state index in [-0.39, 0.29) is 0 Å². The van der Waals surface area contributed by atoms with Crippen molar-refractivity contribution >= 4 is 23.0 Å². The summed E-state index contributed by atoms with van der Waals surface area (Å²) in [6, 6.07) is 8.39. The average molecular weight is 337 g/mol. The Morgan fingerprint density at radius 1 is 1.35 bits per heavy atom. The van der Waals surface area contributed by atoms with Crippen molar-refractivity contribution < 1.29 is 9.47 Å². The molecule has 4 nitrogen and oxygen atoms in total. The number of rotatable bonds is 8. The molecule has 0 unspecified atom stereocenters. The van der Waals surface area contributed by atoms with Crippen LogP contribution in [0.4, 0.5) is 5.69 Å². The highest BCUT2D eigenvalue weighted by Crippen LogP contribution is 2.17. The van der Waals surface area contributed by atoms with Crippen LogP contribution in [-0.2, 0) is 9.47 Å². The first kappa shape index (κ1) is 18.2. The molecule has 1 fully saturated rings. The van der Waals surface area contributed by atoms with Gasteiger partial charge in [-0.05, 0) is 55.1 Å². The van der Waals surface area contributed by atoms with Gasteiger partial charge in [-0.2, -0.15) is 0 Å². The Kier molecular flexibility index (Phi) is 7.79. The fourth-order valence-electron chi connectivity index (χ4n) is 2.49. The summed E-state index contributed by atoms with van der Waals surface area (Å²) in [4.78, 5) is 0. The highest BCUT2D eigenvalue weighted by Gasteiger charge is 2.14. The molecule has 5 heteroatoms. The number of thiocarbonyl (C=S) groups is 1. The minimum atomic E-state index is 0.305. The molecule has 1 heterocycles. The highest BCUT2D eigenvalue weighted by atomic mass is 32.1. The summed E-state index contributed by atoms with van der Waals surface area (Å²) in [6.45, 7) is 7.52. The second kappa shape index (κ2) is 9.85. The van der Waals surface area contributed by atoms with Gasteiger partial charge in [0.15, 0.2) is 5.11 Å². The Morgan fingerprint density at radius 2 is 2.13 bits per heavy atom. The molecular weight excluding hydrogens is 308 g/mol. The summed E-state index contributed by atoms with van der Waals surface area (Å²) in [7, 11) is 0. The summed E-state index contributed by atoms with van der Waals surface area (Å²) in [5, 5.41) is 7.06. The summed E-state index contributed by atoms with van der Waals surface area (Å²) < 4.78 is 11.1. The molecule has 1 aliphatic heterocycles. The standard InChI is InChI=1S/C18H28N2O2S/c1-14(2)15-6-8-16(9-7-15)20-18(23)19-10-4-11-21-13-17-5-3-12-22-17/h6-9,14,17H,3-5,10-13H2,1-2H3,(H2,19,20,23)/t17-/m1/s1. The van der Waals surface area contributed by atoms with Crippen molar-refractivity contribution in [2.24, 2.45) is 0 Å². The van der Waals surface area contributed by atoms with Gasteiger partial charge in [0.1, 0.15) is 0 Å². The molecule has 1 saturated heterocycles. The van der Waals surface area contributed by atoms with Gasteiger partial charge in [-0.15, -0.1) is 0 Å². The molecular formula is C18H28N2O2S. The van der Waals surface area contributed by atoms with E-state index in [2.05, 4.69) is 48.7 Å². The van der Waals surface area contributed by atoms with Gasteiger partial charge in [0.2, 0.25) is 0 Å². The molecule has 0 radical (unpaired) electrons. The molecule has 1 aromatic carbocycles. The second-order valence-corrected chi connectivity index (χ2v) is 6.63. The zero-order chi connectivity index (χ0) is 16.5. The van der Waals surface area contributed by atoms with E-state index in [1.54, 1.807) is 0 Å². The molecule has 1 aliphatic rings. The number of anilines is 1. The lowest BCUT2D eigenvalue weighted by Crippen LogP contribution is -2.30. The first-order valence-corrected chi connectivity index (χ1v) is 8.90. The van der Waals surface area contributed by atoms with Crippen molar-refractivity contribution in [3.63, 3.8) is 0 Å². The van der Waals surface area contributed by atoms with Gasteiger partial charge in [-0.25, -0.2) is 0 Å². The largest absolute Gasteiger partial charge is 0.379 e. The van der Waals surface area contributed by atoms with E-state index in [9.17, 15) is 0 Å². The van der Waals surface area contributed by atoms with E-state index in [0.717, 1.165) is 44.7 Å². The van der Waals surface area contributed by atoms with E-state index in [1.165, 1.54) is 5.56 Å². The third-order valence-corrected chi connectivity index (χ3v) is 4.16. The second-order valence-electron chi connectivity index (χ2n) is 6.22. The highest BCUT2D eigenvalue weighted by molar-refractivity contribution is 7.80. The lowest BCUT2D eigenvalue weighted by atomic mass is 10.0. The smallest absolute Gasteiger partial charge is 0.170 e. The fourth-order valence-corrected chi connectivity index (χ4v) is 2.71. The predicted octanol–water partition coefficient (Wildman–Crippen LogP) is 3.68. The first-order valence-electron chi connectivity index (χ1n) is 8.49. The summed E-state index contributed by atoms with van der Waals surface area (Å²) in [5.74, 6) is 0.545. The van der Waals surface area contributed by atoms with Crippen LogP contribution < -0.4 is 10.6 Å². The SMILES string of the molecule is CC(C)c1ccc(NC(=S)NCCCOC[C@H]2CCCO2)cc1. The van der Waals surface area contributed by atoms with Crippen LogP contribution in [0.25, 0.3) is 0 Å². The van der Waals surface area contributed by atoms with Crippen LogP contribution >= 0.6 is 12.2 Å². The number of hydrogen-bond acceptors (Lipinski definition) is 3. The van der Waals surface area contributed by atoms with Crippen LogP contribution in [-0.4, -0.2) is 37.6 Å². The molecule has 0 amide bonds. The number of hydrogen-bond donors (Lipinski definition) is 2. The van der Waals surface area contributed by atoms with E-state index in [1.807, 2.05) is 0 Å². The van der Waals surface area contributed by atoms with E-state index in [0.29, 0.717) is 23.7 Å². The molecule has 1 aromatic rings. The van der Waals surface area contributed by atoms with Crippen molar-refractivity contribution in [3.05, 3.63) is 29.8 Å². The third-order valence-electron chi connectivity index (χ3n) is 3.91. The maximum absolute atomic E-state index is 5.62. The summed E-state index contributed by atoms with van der Waals surface area (Å²) in [6.07, 6.45) is 3.52. The van der Waals surface area contributed by atoms with Crippen molar-refractivity contribution in [2.45, 2.75) is 45.1 Å². The molecule has 2 rings (SSSR count). The Morgan fingerprint density at radius 3 is 2.78 bits per heavy atom. The number of benzene rings is 1. The van der Waals surface area contributed by atoms with Gasteiger partial charge in [0.25, 0.3) is 0 Å². The van der Waals surface area contributed by atoms with Crippen molar-refractivity contribution in [3.8, 4) is 0 Å². The van der Waals surface area contributed by atoms with Crippen LogP contribution in [0.15, 0.2) is 24.3 Å². The Hall–Kier alpha value is -1.17. The van der Waals surface area contributed by atoms with Crippen LogP contribution in [0.5, 0.6) is 0 Å². The van der Waals surface area contributed by atoms with Gasteiger partial charge in [0.05, 0.1) is 12.7 Å². The first-order chi connectivity index (χ1) is 11.1. The maximum atomic E-state index is 5.62. The zero-order valence-electron chi connectivity index (χ0n) is 14.1. The fraction of sp³-hybridized carbons (Fsp3) is 0.611. The molecule has 0 aromatic heterocycles. The minimum absolute atomic E-state index is 0.305. The minimum Gasteiger partial charge on any atom is -0.379 e. The number of nitrogens with one attached hydrogen (secondary N) is 2. The quantitative estimate of drug-likeness (QED) is 0.560. The van der Waals surface area contributed by atoms with Crippen molar-refractivity contribution in [1.29, 1.82) is 0 Å². The molecule has 0 aliphatic carbocycles. The van der Waals surface area contributed by atoms with Crippen LogP contribution in [0.2, 0.25) is 0 Å². The molecule has 0 saturated carbocycles.